The Morgan fingerprint density at radius 2 is 1.75 bits per heavy atom. The van der Waals surface area contributed by atoms with E-state index in [-0.39, 0.29) is 17.7 Å². The lowest BCUT2D eigenvalue weighted by atomic mass is 10.00. The van der Waals surface area contributed by atoms with Crippen molar-refractivity contribution in [2.24, 2.45) is 5.16 Å². The Hall–Kier alpha value is -2.67. The Morgan fingerprint density at radius 1 is 1.00 bits per heavy atom. The number of carbonyl (C=O) groups is 2. The van der Waals surface area contributed by atoms with E-state index in [0.29, 0.717) is 11.3 Å². The maximum absolute atomic E-state index is 12.5. The molecule has 6 nitrogen and oxygen atoms in total. The fourth-order valence-electron chi connectivity index (χ4n) is 3.56. The summed E-state index contributed by atoms with van der Waals surface area (Å²) in [7, 11) is 0. The normalized spacial score (nSPS) is 18.9. The molecule has 7 heteroatoms. The molecule has 2 aliphatic rings. The van der Waals surface area contributed by atoms with Gasteiger partial charge in [-0.1, -0.05) is 48.3 Å². The molecule has 146 valence electrons. The quantitative estimate of drug-likeness (QED) is 0.776. The molecule has 0 spiro atoms. The van der Waals surface area contributed by atoms with Gasteiger partial charge in [0.25, 0.3) is 11.8 Å². The van der Waals surface area contributed by atoms with Crippen LogP contribution in [0.2, 0.25) is 0 Å². The molecule has 0 bridgehead atoms. The Labute approximate surface area is 167 Å². The summed E-state index contributed by atoms with van der Waals surface area (Å²) in [5, 5.41) is 3.87. The van der Waals surface area contributed by atoms with Crippen LogP contribution in [0.1, 0.15) is 63.9 Å². The van der Waals surface area contributed by atoms with E-state index >= 15 is 0 Å². The molecule has 1 aromatic carbocycles. The van der Waals surface area contributed by atoms with Gasteiger partial charge in [0.1, 0.15) is 0 Å². The summed E-state index contributed by atoms with van der Waals surface area (Å²) in [6.45, 7) is 0. The molecule has 1 atom stereocenters. The average Bonchev–Trinajstić information content (AvgIpc) is 3.34. The summed E-state index contributed by atoms with van der Waals surface area (Å²) in [4.78, 5) is 32.1. The fraction of sp³-hybridized carbons (Fsp3) is 0.381. The van der Waals surface area contributed by atoms with Crippen molar-refractivity contribution in [1.29, 1.82) is 0 Å². The highest BCUT2D eigenvalue weighted by atomic mass is 32.1. The van der Waals surface area contributed by atoms with Gasteiger partial charge in [0.05, 0.1) is 4.88 Å². The second kappa shape index (κ2) is 8.56. The molecule has 4 rings (SSSR count). The molecule has 2 heterocycles. The zero-order valence-corrected chi connectivity index (χ0v) is 16.4. The van der Waals surface area contributed by atoms with E-state index in [0.717, 1.165) is 18.4 Å². The van der Waals surface area contributed by atoms with Gasteiger partial charge in [-0.05, 0) is 42.9 Å². The molecule has 0 saturated carbocycles. The van der Waals surface area contributed by atoms with Gasteiger partial charge in [-0.3, -0.25) is 20.4 Å². The highest BCUT2D eigenvalue weighted by Crippen LogP contribution is 2.29. The third-order valence-corrected chi connectivity index (χ3v) is 6.35. The summed E-state index contributed by atoms with van der Waals surface area (Å²) in [5.41, 5.74) is 7.48. The second-order valence-electron chi connectivity index (χ2n) is 7.13. The lowest BCUT2D eigenvalue weighted by molar-refractivity contribution is -0.115. The highest BCUT2D eigenvalue weighted by Gasteiger charge is 2.27. The number of nitrogens with zero attached hydrogens (tertiary/aromatic N) is 1. The van der Waals surface area contributed by atoms with Gasteiger partial charge in [-0.2, -0.15) is 0 Å². The summed E-state index contributed by atoms with van der Waals surface area (Å²) < 4.78 is 0. The number of rotatable bonds is 3. The van der Waals surface area contributed by atoms with Crippen LogP contribution in [0.5, 0.6) is 0 Å². The molecular weight excluding hydrogens is 374 g/mol. The van der Waals surface area contributed by atoms with Crippen molar-refractivity contribution < 1.29 is 14.4 Å². The number of oxime groups is 1. The number of amides is 2. The fourth-order valence-corrected chi connectivity index (χ4v) is 4.71. The lowest BCUT2D eigenvalue weighted by Crippen LogP contribution is -2.44. The predicted molar refractivity (Wildman–Crippen MR) is 108 cm³/mol. The molecule has 1 unspecified atom stereocenters. The second-order valence-corrected chi connectivity index (χ2v) is 8.27. The van der Waals surface area contributed by atoms with Gasteiger partial charge in [-0.25, -0.2) is 0 Å². The zero-order valence-electron chi connectivity index (χ0n) is 15.6. The molecule has 1 aromatic heterocycles. The van der Waals surface area contributed by atoms with Crippen molar-refractivity contribution in [1.82, 2.24) is 10.9 Å². The van der Waals surface area contributed by atoms with Crippen molar-refractivity contribution in [3.05, 3.63) is 57.3 Å². The first-order valence-corrected chi connectivity index (χ1v) is 10.5. The van der Waals surface area contributed by atoms with Crippen LogP contribution < -0.4 is 10.9 Å². The van der Waals surface area contributed by atoms with E-state index in [1.54, 1.807) is 0 Å². The topological polar surface area (TPSA) is 79.8 Å². The van der Waals surface area contributed by atoms with Crippen molar-refractivity contribution >= 4 is 28.9 Å². The number of benzene rings is 1. The summed E-state index contributed by atoms with van der Waals surface area (Å²) in [5.74, 6) is -0.731. The molecule has 0 fully saturated rings. The molecule has 1 aliphatic carbocycles. The van der Waals surface area contributed by atoms with Gasteiger partial charge in [0, 0.05) is 11.3 Å². The highest BCUT2D eigenvalue weighted by molar-refractivity contribution is 7.14. The summed E-state index contributed by atoms with van der Waals surface area (Å²) >= 11 is 1.53. The largest absolute Gasteiger partial charge is 0.387 e. The molecule has 2 aromatic rings. The first-order valence-electron chi connectivity index (χ1n) is 9.70. The number of carbonyl (C=O) groups excluding carboxylic acids is 2. The van der Waals surface area contributed by atoms with Crippen LogP contribution in [0.4, 0.5) is 0 Å². The maximum Gasteiger partial charge on any atom is 0.287 e. The molecule has 28 heavy (non-hydrogen) atoms. The molecule has 1 aliphatic heterocycles. The lowest BCUT2D eigenvalue weighted by Gasteiger charge is -2.08. The minimum absolute atomic E-state index is 0.269. The third-order valence-electron chi connectivity index (χ3n) is 5.11. The number of fused-ring (bicyclic) bond motifs is 1. The van der Waals surface area contributed by atoms with E-state index in [2.05, 4.69) is 16.0 Å². The molecule has 0 radical (unpaired) electrons. The van der Waals surface area contributed by atoms with Gasteiger partial charge in [0.2, 0.25) is 0 Å². The van der Waals surface area contributed by atoms with E-state index in [1.807, 2.05) is 36.4 Å². The van der Waals surface area contributed by atoms with Crippen LogP contribution in [0.15, 0.2) is 41.6 Å². The first-order chi connectivity index (χ1) is 13.7. The van der Waals surface area contributed by atoms with Crippen LogP contribution in [-0.2, 0) is 22.5 Å². The first kappa shape index (κ1) is 18.7. The Morgan fingerprint density at radius 3 is 2.57 bits per heavy atom. The number of hydrazine groups is 1. The molecule has 0 saturated heterocycles. The number of nitrogens with one attached hydrogen (secondary N) is 2. The Bertz CT molecular complexity index is 866. The van der Waals surface area contributed by atoms with Crippen molar-refractivity contribution in [2.75, 3.05) is 0 Å². The van der Waals surface area contributed by atoms with Gasteiger partial charge < -0.3 is 4.84 Å². The maximum atomic E-state index is 12.5. The minimum atomic E-state index is -0.443. The SMILES string of the molecule is O=C(NNC(=O)c1cc2c(s1)CCCCCC2)C1=NOC(c2ccccc2)C1. The smallest absolute Gasteiger partial charge is 0.287 e. The number of hydrogen-bond acceptors (Lipinski definition) is 5. The van der Waals surface area contributed by atoms with E-state index < -0.39 is 5.91 Å². The van der Waals surface area contributed by atoms with Gasteiger partial charge in [-0.15, -0.1) is 11.3 Å². The zero-order chi connectivity index (χ0) is 19.3. The number of thiophene rings is 1. The summed E-state index contributed by atoms with van der Waals surface area (Å²) in [6.07, 6.45) is 7.02. The van der Waals surface area contributed by atoms with Crippen LogP contribution >= 0.6 is 11.3 Å². The van der Waals surface area contributed by atoms with Crippen molar-refractivity contribution in [2.45, 2.75) is 51.0 Å². The standard InChI is InChI=1S/C21H23N3O3S/c25-20(16-13-17(27-24-16)14-8-5-3-6-9-14)22-23-21(26)19-12-15-10-4-1-2-7-11-18(15)28-19/h3,5-6,8-9,12,17H,1-2,4,7,10-11,13H2,(H,22,25)(H,23,26). The van der Waals surface area contributed by atoms with E-state index in [9.17, 15) is 9.59 Å². The van der Waals surface area contributed by atoms with Gasteiger partial charge in [0.15, 0.2) is 11.8 Å². The van der Waals surface area contributed by atoms with Crippen LogP contribution in [-0.4, -0.2) is 17.5 Å². The summed E-state index contributed by atoms with van der Waals surface area (Å²) in [6, 6.07) is 11.6. The number of hydrogen-bond donors (Lipinski definition) is 2. The van der Waals surface area contributed by atoms with Gasteiger partial charge >= 0.3 is 0 Å². The number of aryl methyl sites for hydroxylation is 2. The average molecular weight is 398 g/mol. The monoisotopic (exact) mass is 397 g/mol. The molecule has 2 N–H and O–H groups in total. The minimum Gasteiger partial charge on any atom is -0.387 e. The Balaban J connectivity index is 1.31. The van der Waals surface area contributed by atoms with Crippen LogP contribution in [0, 0.1) is 0 Å². The predicted octanol–water partition coefficient (Wildman–Crippen LogP) is 3.69. The van der Waals surface area contributed by atoms with Crippen molar-refractivity contribution in [3.8, 4) is 0 Å². The third kappa shape index (κ3) is 4.25. The van der Waals surface area contributed by atoms with E-state index in [1.165, 1.54) is 47.5 Å². The molecule has 2 amide bonds. The van der Waals surface area contributed by atoms with Crippen LogP contribution in [0.25, 0.3) is 0 Å². The Kier molecular flexibility index (Phi) is 5.71. The van der Waals surface area contributed by atoms with E-state index in [4.69, 9.17) is 4.84 Å². The van der Waals surface area contributed by atoms with Crippen LogP contribution in [0.3, 0.4) is 0 Å². The van der Waals surface area contributed by atoms with Crippen molar-refractivity contribution in [3.63, 3.8) is 0 Å². The molecular formula is C21H23N3O3S.